The number of carbonyl (C=O) groups excluding carboxylic acids is 1. The first kappa shape index (κ1) is 50.1. The van der Waals surface area contributed by atoms with Crippen molar-refractivity contribution < 1.29 is 53.6 Å². The number of nitro groups is 1. The predicted molar refractivity (Wildman–Crippen MR) is 258 cm³/mol. The first-order chi connectivity index (χ1) is 33.2. The summed E-state index contributed by atoms with van der Waals surface area (Å²) >= 11 is 1.64. The number of ether oxygens (including phenoxy) is 5. The number of allylic oxidation sites excluding steroid dienone is 1. The van der Waals surface area contributed by atoms with Gasteiger partial charge >= 0.3 is 6.09 Å². The van der Waals surface area contributed by atoms with Crippen LogP contribution in [0.5, 0.6) is 23.0 Å². The van der Waals surface area contributed by atoms with Crippen LogP contribution in [-0.4, -0.2) is 101 Å². The number of aliphatic hydroxyl groups excluding tert-OH is 3. The van der Waals surface area contributed by atoms with Gasteiger partial charge in [0, 0.05) is 54.7 Å². The van der Waals surface area contributed by atoms with E-state index in [0.717, 1.165) is 47.3 Å². The summed E-state index contributed by atoms with van der Waals surface area (Å²) in [5.41, 5.74) is 3.06. The number of fused-ring (bicyclic) bond motifs is 2. The molecule has 1 heterocycles. The van der Waals surface area contributed by atoms with Crippen molar-refractivity contribution in [2.45, 2.75) is 74.2 Å². The molecule has 0 saturated heterocycles. The molecular formula is C52H61N3O12S. The molecular weight excluding hydrogens is 891 g/mol. The van der Waals surface area contributed by atoms with Gasteiger partial charge < -0.3 is 43.8 Å². The smallest absolute Gasteiger partial charge is 0.415 e. The number of oxime groups is 1. The molecule has 3 N–H and O–H groups in total. The molecule has 1 saturated carbocycles. The number of non-ortho nitro benzene ring substituents is 1. The van der Waals surface area contributed by atoms with Crippen LogP contribution in [0.15, 0.2) is 131 Å². The van der Waals surface area contributed by atoms with Crippen LogP contribution in [0, 0.1) is 27.9 Å². The Kier molecular flexibility index (Phi) is 18.1. The molecule has 0 bridgehead atoms. The van der Waals surface area contributed by atoms with E-state index < -0.39 is 28.8 Å². The van der Waals surface area contributed by atoms with Crippen molar-refractivity contribution in [2.24, 2.45) is 22.9 Å². The first-order valence-corrected chi connectivity index (χ1v) is 24.4. The molecule has 7 rings (SSSR count). The van der Waals surface area contributed by atoms with E-state index in [1.165, 1.54) is 29.2 Å². The van der Waals surface area contributed by atoms with Gasteiger partial charge in [0.25, 0.3) is 5.69 Å². The van der Waals surface area contributed by atoms with E-state index in [4.69, 9.17) is 33.7 Å². The summed E-state index contributed by atoms with van der Waals surface area (Å²) < 4.78 is 32.7. The zero-order chi connectivity index (χ0) is 47.9. The van der Waals surface area contributed by atoms with Crippen molar-refractivity contribution in [3.05, 3.63) is 143 Å². The average molecular weight is 952 g/mol. The van der Waals surface area contributed by atoms with Gasteiger partial charge in [-0.1, -0.05) is 60.5 Å². The molecule has 0 aromatic heterocycles. The molecule has 68 heavy (non-hydrogen) atoms. The van der Waals surface area contributed by atoms with Crippen molar-refractivity contribution in [1.82, 2.24) is 4.90 Å². The summed E-state index contributed by atoms with van der Waals surface area (Å²) in [6, 6.07) is 27.6. The standard InChI is InChI=1S/C52H61N3O12S/c1-3-29-63-52-48(54(25-30-62-31-28-58)51(59)66-40-17-15-38(16-18-40)55(60)61)34-46(53-64-35-36-11-5-4-6-12-36)44-32-37(13-7-9-26-56)43(14-8-10-27-57)49(50(44)52)45-33-41(21-24-47(45)67-52)65-39-19-22-42(68-2)23-20-39/h3-6,11-12,15-24,32-33,37,43,48-50,56-58H,1,7-10,13-14,25-31,34-35H2,2H3. The first-order valence-electron chi connectivity index (χ1n) is 23.2. The predicted octanol–water partition coefficient (Wildman–Crippen LogP) is 9.45. The van der Waals surface area contributed by atoms with Crippen molar-refractivity contribution >= 4 is 29.3 Å². The fourth-order valence-electron chi connectivity index (χ4n) is 9.75. The quantitative estimate of drug-likeness (QED) is 0.0187. The monoisotopic (exact) mass is 951 g/mol. The van der Waals surface area contributed by atoms with E-state index in [1.54, 1.807) is 17.8 Å². The summed E-state index contributed by atoms with van der Waals surface area (Å²) in [6.07, 6.45) is 9.44. The highest BCUT2D eigenvalue weighted by molar-refractivity contribution is 7.98. The lowest BCUT2D eigenvalue weighted by molar-refractivity contribution is -0.384. The number of carbonyl (C=O) groups is 1. The van der Waals surface area contributed by atoms with E-state index in [9.17, 15) is 30.2 Å². The van der Waals surface area contributed by atoms with Crippen LogP contribution >= 0.6 is 11.8 Å². The maximum Gasteiger partial charge on any atom is 0.415 e. The number of nitro benzene ring substituents is 1. The van der Waals surface area contributed by atoms with E-state index in [2.05, 4.69) is 12.7 Å². The summed E-state index contributed by atoms with van der Waals surface area (Å²) in [6.45, 7) is 4.09. The normalized spacial score (nSPS) is 22.0. The van der Waals surface area contributed by atoms with Crippen LogP contribution in [0.3, 0.4) is 0 Å². The lowest BCUT2D eigenvalue weighted by Gasteiger charge is -2.59. The molecule has 4 aromatic carbocycles. The van der Waals surface area contributed by atoms with Crippen molar-refractivity contribution in [3.63, 3.8) is 0 Å². The Morgan fingerprint density at radius 1 is 0.926 bits per heavy atom. The van der Waals surface area contributed by atoms with Crippen LogP contribution in [0.4, 0.5) is 10.5 Å². The molecule has 362 valence electrons. The second-order valence-corrected chi connectivity index (χ2v) is 17.8. The van der Waals surface area contributed by atoms with Gasteiger partial charge in [-0.25, -0.2) is 4.79 Å². The highest BCUT2D eigenvalue weighted by Gasteiger charge is 2.65. The van der Waals surface area contributed by atoms with Crippen LogP contribution in [0.1, 0.15) is 62.0 Å². The Labute approximate surface area is 401 Å². The zero-order valence-corrected chi connectivity index (χ0v) is 39.2. The fraction of sp³-hybridized carbons (Fsp3) is 0.423. The van der Waals surface area contributed by atoms with Crippen LogP contribution in [0.25, 0.3) is 0 Å². The molecule has 0 radical (unpaired) electrons. The van der Waals surface area contributed by atoms with Gasteiger partial charge in [-0.3, -0.25) is 15.0 Å². The Bertz CT molecular complexity index is 2350. The van der Waals surface area contributed by atoms with E-state index in [0.29, 0.717) is 35.8 Å². The molecule has 1 aliphatic heterocycles. The molecule has 3 aliphatic rings. The molecule has 16 heteroatoms. The minimum Gasteiger partial charge on any atom is -0.459 e. The van der Waals surface area contributed by atoms with Crippen molar-refractivity contribution in [2.75, 3.05) is 52.4 Å². The summed E-state index contributed by atoms with van der Waals surface area (Å²) in [4.78, 5) is 34.7. The minimum atomic E-state index is -1.61. The van der Waals surface area contributed by atoms with Crippen molar-refractivity contribution in [3.8, 4) is 23.0 Å². The largest absolute Gasteiger partial charge is 0.459 e. The topological polar surface area (TPSA) is 192 Å². The van der Waals surface area contributed by atoms with Gasteiger partial charge in [0.1, 0.15) is 35.6 Å². The van der Waals surface area contributed by atoms with Crippen molar-refractivity contribution in [1.29, 1.82) is 0 Å². The Balaban J connectivity index is 1.42. The fourth-order valence-corrected chi connectivity index (χ4v) is 10.2. The van der Waals surface area contributed by atoms with E-state index in [1.807, 2.05) is 79.1 Å². The summed E-state index contributed by atoms with van der Waals surface area (Å²) in [7, 11) is 0. The highest BCUT2D eigenvalue weighted by atomic mass is 32.2. The molecule has 1 amide bonds. The second kappa shape index (κ2) is 24.5. The number of aliphatic hydroxyl groups is 3. The number of amides is 1. The Hall–Kier alpha value is -5.75. The van der Waals surface area contributed by atoms with E-state index in [-0.39, 0.29) is 88.4 Å². The van der Waals surface area contributed by atoms with Crippen LogP contribution in [-0.2, 0) is 20.9 Å². The number of hydrogen-bond acceptors (Lipinski definition) is 14. The number of hydrogen-bond donors (Lipinski definition) is 3. The van der Waals surface area contributed by atoms with Gasteiger partial charge in [-0.15, -0.1) is 18.3 Å². The van der Waals surface area contributed by atoms with Gasteiger partial charge in [-0.2, -0.15) is 0 Å². The number of unbranched alkanes of at least 4 members (excludes halogenated alkanes) is 2. The number of benzene rings is 4. The van der Waals surface area contributed by atoms with E-state index >= 15 is 0 Å². The van der Waals surface area contributed by atoms with Gasteiger partial charge in [-0.05, 0) is 110 Å². The van der Waals surface area contributed by atoms with Gasteiger partial charge in [0.05, 0.1) is 43.0 Å². The van der Waals surface area contributed by atoms with Gasteiger partial charge in [0.2, 0.25) is 5.79 Å². The summed E-state index contributed by atoms with van der Waals surface area (Å²) in [5, 5.41) is 46.0. The molecule has 0 spiro atoms. The summed E-state index contributed by atoms with van der Waals surface area (Å²) in [5.74, 6) is -0.719. The molecule has 1 fully saturated rings. The average Bonchev–Trinajstić information content (AvgIpc) is 3.35. The molecule has 2 aliphatic carbocycles. The van der Waals surface area contributed by atoms with Crippen LogP contribution < -0.4 is 14.2 Å². The lowest BCUT2D eigenvalue weighted by atomic mass is 9.55. The third kappa shape index (κ3) is 11.9. The molecule has 6 unspecified atom stereocenters. The SMILES string of the molecule is C=CCOC12Oc3ccc(Oc4ccc(SC)cc4)cc3C3C(CCCCO)C(CCCCO)C=C(C(=NOCc4ccccc4)CC1N(CCOCCO)C(=O)Oc1ccc([N+](=O)[O-])cc1)C32. The molecule has 15 nitrogen and oxygen atoms in total. The molecule has 6 atom stereocenters. The Morgan fingerprint density at radius 2 is 1.65 bits per heavy atom. The molecule has 4 aromatic rings. The number of rotatable bonds is 25. The second-order valence-electron chi connectivity index (χ2n) is 17.0. The third-order valence-electron chi connectivity index (χ3n) is 12.8. The minimum absolute atomic E-state index is 0.00363. The maximum atomic E-state index is 14.9. The Morgan fingerprint density at radius 3 is 2.34 bits per heavy atom. The third-order valence-corrected chi connectivity index (χ3v) is 13.5. The van der Waals surface area contributed by atoms with Crippen LogP contribution in [0.2, 0.25) is 0 Å². The lowest BCUT2D eigenvalue weighted by Crippen LogP contribution is -2.70. The maximum absolute atomic E-state index is 14.9. The zero-order valence-electron chi connectivity index (χ0n) is 38.4. The highest BCUT2D eigenvalue weighted by Crippen LogP contribution is 2.62. The van der Waals surface area contributed by atoms with Gasteiger partial charge in [0.15, 0.2) is 0 Å². The number of thioether (sulfide) groups is 1. The number of nitrogens with zero attached hydrogens (tertiary/aromatic N) is 3.